The van der Waals surface area contributed by atoms with Crippen LogP contribution in [0, 0.1) is 0 Å². The Balaban J connectivity index is 1.85. The number of hydrogen-bond acceptors (Lipinski definition) is 4. The Labute approximate surface area is 167 Å². The Kier molecular flexibility index (Phi) is 7.64. The lowest BCUT2D eigenvalue weighted by Crippen LogP contribution is -2.22. The fourth-order valence-electron chi connectivity index (χ4n) is 2.22. The van der Waals surface area contributed by atoms with Gasteiger partial charge >= 0.3 is 0 Å². The summed E-state index contributed by atoms with van der Waals surface area (Å²) in [5.41, 5.74) is 4.35. The van der Waals surface area contributed by atoms with Crippen LogP contribution < -0.4 is 10.7 Å². The highest BCUT2D eigenvalue weighted by atomic mass is 35.5. The molecule has 0 unspecified atom stereocenters. The van der Waals surface area contributed by atoms with Crippen molar-refractivity contribution in [1.82, 2.24) is 5.43 Å². The van der Waals surface area contributed by atoms with Crippen LogP contribution in [-0.4, -0.2) is 22.6 Å². The number of nitrogens with one attached hydrogen (secondary N) is 2. The largest absolute Gasteiger partial charge is 0.508 e. The molecule has 2 aromatic carbocycles. The Bertz CT molecular complexity index is 852. The molecule has 0 spiro atoms. The van der Waals surface area contributed by atoms with Crippen LogP contribution in [0.1, 0.15) is 31.7 Å². The zero-order valence-corrected chi connectivity index (χ0v) is 16.1. The van der Waals surface area contributed by atoms with Crippen molar-refractivity contribution >= 4 is 46.4 Å². The number of carbonyl (C=O) groups excluding carboxylic acids is 2. The van der Waals surface area contributed by atoms with Crippen LogP contribution in [0.15, 0.2) is 47.6 Å². The quantitative estimate of drug-likeness (QED) is 0.470. The fraction of sp³-hybridized carbons (Fsp3) is 0.211. The van der Waals surface area contributed by atoms with E-state index in [4.69, 9.17) is 23.2 Å². The maximum atomic E-state index is 12.0. The maximum Gasteiger partial charge on any atom is 0.240 e. The Hall–Kier alpha value is -2.57. The van der Waals surface area contributed by atoms with Gasteiger partial charge in [0.1, 0.15) is 5.75 Å². The molecule has 142 valence electrons. The Morgan fingerprint density at radius 1 is 1.04 bits per heavy atom. The first-order valence-electron chi connectivity index (χ1n) is 8.28. The number of amides is 2. The minimum atomic E-state index is -0.378. The summed E-state index contributed by atoms with van der Waals surface area (Å²) in [5.74, 6) is -0.560. The number of halogens is 2. The molecule has 0 radical (unpaired) electrons. The SMILES string of the molecule is CC/C(=N\NC(=O)CCC(=O)Nc1ccc(Cl)cc1Cl)c1ccc(O)cc1. The van der Waals surface area contributed by atoms with E-state index in [0.29, 0.717) is 27.9 Å². The highest BCUT2D eigenvalue weighted by Crippen LogP contribution is 2.25. The summed E-state index contributed by atoms with van der Waals surface area (Å²) in [6.07, 6.45) is 0.564. The number of hydrogen-bond donors (Lipinski definition) is 3. The van der Waals surface area contributed by atoms with Crippen molar-refractivity contribution in [1.29, 1.82) is 0 Å². The molecule has 8 heteroatoms. The third-order valence-corrected chi connectivity index (χ3v) is 4.18. The molecule has 0 fully saturated rings. The predicted molar refractivity (Wildman–Crippen MR) is 107 cm³/mol. The number of hydrazone groups is 1. The van der Waals surface area contributed by atoms with E-state index in [1.807, 2.05) is 6.92 Å². The van der Waals surface area contributed by atoms with Gasteiger partial charge in [-0.3, -0.25) is 9.59 Å². The number of benzene rings is 2. The van der Waals surface area contributed by atoms with Crippen LogP contribution in [0.3, 0.4) is 0 Å². The summed E-state index contributed by atoms with van der Waals surface area (Å²) in [7, 11) is 0. The van der Waals surface area contributed by atoms with E-state index >= 15 is 0 Å². The molecule has 0 aromatic heterocycles. The van der Waals surface area contributed by atoms with Gasteiger partial charge in [-0.1, -0.05) is 30.1 Å². The zero-order chi connectivity index (χ0) is 19.8. The summed E-state index contributed by atoms with van der Waals surface area (Å²) in [4.78, 5) is 23.9. The maximum absolute atomic E-state index is 12.0. The van der Waals surface area contributed by atoms with Crippen LogP contribution in [0.25, 0.3) is 0 Å². The molecule has 6 nitrogen and oxygen atoms in total. The zero-order valence-electron chi connectivity index (χ0n) is 14.6. The molecule has 3 N–H and O–H groups in total. The second kappa shape index (κ2) is 9.94. The lowest BCUT2D eigenvalue weighted by molar-refractivity contribution is -0.124. The number of nitrogens with zero attached hydrogens (tertiary/aromatic N) is 1. The fourth-order valence-corrected chi connectivity index (χ4v) is 2.67. The Morgan fingerprint density at radius 3 is 2.33 bits per heavy atom. The first-order valence-corrected chi connectivity index (χ1v) is 9.04. The Morgan fingerprint density at radius 2 is 1.70 bits per heavy atom. The molecule has 0 atom stereocenters. The molecule has 0 aliphatic carbocycles. The van der Waals surface area contributed by atoms with Crippen LogP contribution in [-0.2, 0) is 9.59 Å². The van der Waals surface area contributed by atoms with Gasteiger partial charge in [0.15, 0.2) is 0 Å². The van der Waals surface area contributed by atoms with Gasteiger partial charge in [0.05, 0.1) is 16.4 Å². The molecule has 0 heterocycles. The van der Waals surface area contributed by atoms with Crippen molar-refractivity contribution < 1.29 is 14.7 Å². The van der Waals surface area contributed by atoms with Crippen molar-refractivity contribution in [3.63, 3.8) is 0 Å². The van der Waals surface area contributed by atoms with Crippen LogP contribution in [0.4, 0.5) is 5.69 Å². The molecule has 0 aliphatic heterocycles. The van der Waals surface area contributed by atoms with Gasteiger partial charge in [-0.2, -0.15) is 5.10 Å². The van der Waals surface area contributed by atoms with Crippen LogP contribution in [0.2, 0.25) is 10.0 Å². The van der Waals surface area contributed by atoms with Gasteiger partial charge in [-0.15, -0.1) is 0 Å². The third-order valence-electron chi connectivity index (χ3n) is 3.64. The van der Waals surface area contributed by atoms with Crippen LogP contribution in [0.5, 0.6) is 5.75 Å². The number of anilines is 1. The average molecular weight is 408 g/mol. The second-order valence-electron chi connectivity index (χ2n) is 5.67. The van der Waals surface area contributed by atoms with E-state index in [-0.39, 0.29) is 30.4 Å². The van der Waals surface area contributed by atoms with E-state index in [1.54, 1.807) is 36.4 Å². The highest BCUT2D eigenvalue weighted by molar-refractivity contribution is 6.36. The molecule has 2 aromatic rings. The van der Waals surface area contributed by atoms with E-state index in [2.05, 4.69) is 15.8 Å². The lowest BCUT2D eigenvalue weighted by Gasteiger charge is -2.08. The molecular weight excluding hydrogens is 389 g/mol. The molecule has 0 bridgehead atoms. The minimum Gasteiger partial charge on any atom is -0.508 e. The summed E-state index contributed by atoms with van der Waals surface area (Å²) in [6, 6.07) is 11.3. The molecule has 27 heavy (non-hydrogen) atoms. The van der Waals surface area contributed by atoms with Gasteiger partial charge in [0.25, 0.3) is 0 Å². The van der Waals surface area contributed by atoms with E-state index in [0.717, 1.165) is 5.56 Å². The van der Waals surface area contributed by atoms with Gasteiger partial charge in [-0.25, -0.2) is 5.43 Å². The number of rotatable bonds is 7. The van der Waals surface area contributed by atoms with Crippen molar-refractivity contribution in [2.24, 2.45) is 5.10 Å². The number of phenols is 1. The van der Waals surface area contributed by atoms with E-state index in [9.17, 15) is 14.7 Å². The molecule has 0 aliphatic rings. The normalized spacial score (nSPS) is 11.1. The average Bonchev–Trinajstić information content (AvgIpc) is 2.64. The molecule has 0 saturated carbocycles. The first-order chi connectivity index (χ1) is 12.9. The first kappa shape index (κ1) is 20.7. The van der Waals surface area contributed by atoms with Gasteiger partial charge in [0, 0.05) is 17.9 Å². The van der Waals surface area contributed by atoms with E-state index < -0.39 is 0 Å². The van der Waals surface area contributed by atoms with E-state index in [1.165, 1.54) is 6.07 Å². The summed E-state index contributed by atoms with van der Waals surface area (Å²) < 4.78 is 0. The minimum absolute atomic E-state index is 0.0129. The number of phenolic OH excluding ortho intramolecular Hbond substituents is 1. The predicted octanol–water partition coefficient (Wildman–Crippen LogP) is 4.35. The molecule has 2 rings (SSSR count). The van der Waals surface area contributed by atoms with Crippen molar-refractivity contribution in [3.05, 3.63) is 58.1 Å². The molecule has 2 amide bonds. The second-order valence-corrected chi connectivity index (χ2v) is 6.51. The van der Waals surface area contributed by atoms with Crippen molar-refractivity contribution in [2.45, 2.75) is 26.2 Å². The summed E-state index contributed by atoms with van der Waals surface area (Å²) in [5, 5.41) is 16.8. The molecule has 0 saturated heterocycles. The topological polar surface area (TPSA) is 90.8 Å². The van der Waals surface area contributed by atoms with Crippen LogP contribution >= 0.6 is 23.2 Å². The van der Waals surface area contributed by atoms with Crippen molar-refractivity contribution in [3.8, 4) is 5.75 Å². The number of carbonyl (C=O) groups is 2. The lowest BCUT2D eigenvalue weighted by atomic mass is 10.1. The smallest absolute Gasteiger partial charge is 0.240 e. The summed E-state index contributed by atoms with van der Waals surface area (Å²) in [6.45, 7) is 1.90. The molecular formula is C19H19Cl2N3O3. The third kappa shape index (κ3) is 6.58. The monoisotopic (exact) mass is 407 g/mol. The summed E-state index contributed by atoms with van der Waals surface area (Å²) >= 11 is 11.8. The standard InChI is InChI=1S/C19H19Cl2N3O3/c1-2-16(12-3-6-14(25)7-4-12)23-24-19(27)10-9-18(26)22-17-8-5-13(20)11-15(17)21/h3-8,11,25H,2,9-10H2,1H3,(H,22,26)(H,24,27)/b23-16+. The van der Waals surface area contributed by atoms with Crippen molar-refractivity contribution in [2.75, 3.05) is 5.32 Å². The highest BCUT2D eigenvalue weighted by Gasteiger charge is 2.10. The van der Waals surface area contributed by atoms with Gasteiger partial charge < -0.3 is 10.4 Å². The van der Waals surface area contributed by atoms with Gasteiger partial charge in [0.2, 0.25) is 11.8 Å². The number of aromatic hydroxyl groups is 1. The van der Waals surface area contributed by atoms with Gasteiger partial charge in [-0.05, 0) is 54.4 Å².